The summed E-state index contributed by atoms with van der Waals surface area (Å²) in [7, 11) is 1.61. The van der Waals surface area contributed by atoms with Gasteiger partial charge in [0.2, 0.25) is 0 Å². The fourth-order valence-electron chi connectivity index (χ4n) is 1.87. The largest absolute Gasteiger partial charge is 0.492 e. The van der Waals surface area contributed by atoms with Gasteiger partial charge in [0.25, 0.3) is 0 Å². The zero-order chi connectivity index (χ0) is 12.4. The second-order valence-corrected chi connectivity index (χ2v) is 5.28. The number of nitrogen functional groups attached to an aromatic ring is 1. The van der Waals surface area contributed by atoms with Gasteiger partial charge in [-0.1, -0.05) is 0 Å². The highest BCUT2D eigenvalue weighted by molar-refractivity contribution is 7.17. The lowest BCUT2D eigenvalue weighted by atomic mass is 10.3. The van der Waals surface area contributed by atoms with E-state index >= 15 is 0 Å². The number of rotatable bonds is 5. The molecule has 0 unspecified atom stereocenters. The first kappa shape index (κ1) is 12.1. The van der Waals surface area contributed by atoms with Gasteiger partial charge in [-0.15, -0.1) is 11.3 Å². The molecule has 1 saturated carbocycles. The zero-order valence-corrected chi connectivity index (χ0v) is 11.0. The lowest BCUT2D eigenvalue weighted by molar-refractivity contribution is 0.418. The monoisotopic (exact) mass is 251 g/mol. The van der Waals surface area contributed by atoms with Gasteiger partial charge in [-0.2, -0.15) is 5.26 Å². The van der Waals surface area contributed by atoms with Crippen molar-refractivity contribution >= 4 is 22.0 Å². The Bertz CT molecular complexity index is 445. The molecule has 1 aromatic rings. The van der Waals surface area contributed by atoms with Crippen molar-refractivity contribution < 1.29 is 4.74 Å². The first-order valence-electron chi connectivity index (χ1n) is 5.82. The number of hydrogen-bond donors (Lipinski definition) is 1. The quantitative estimate of drug-likeness (QED) is 0.873. The van der Waals surface area contributed by atoms with Crippen LogP contribution in [0.2, 0.25) is 0 Å². The maximum Gasteiger partial charge on any atom is 0.177 e. The molecule has 0 aromatic carbocycles. The van der Waals surface area contributed by atoms with Crippen LogP contribution in [0, 0.1) is 17.2 Å². The van der Waals surface area contributed by atoms with Crippen LogP contribution in [0.4, 0.5) is 10.7 Å². The summed E-state index contributed by atoms with van der Waals surface area (Å²) < 4.78 is 5.34. The van der Waals surface area contributed by atoms with Crippen molar-refractivity contribution in [1.82, 2.24) is 0 Å². The van der Waals surface area contributed by atoms with E-state index in [9.17, 15) is 0 Å². The average molecular weight is 251 g/mol. The Morgan fingerprint density at radius 2 is 2.29 bits per heavy atom. The summed E-state index contributed by atoms with van der Waals surface area (Å²) in [6, 6.07) is 2.13. The highest BCUT2D eigenvalue weighted by Crippen LogP contribution is 2.45. The van der Waals surface area contributed by atoms with E-state index in [0.29, 0.717) is 16.3 Å². The third kappa shape index (κ3) is 2.32. The normalized spacial score (nSPS) is 14.4. The second kappa shape index (κ2) is 4.84. The minimum absolute atomic E-state index is 0.476. The van der Waals surface area contributed by atoms with Crippen molar-refractivity contribution in [1.29, 1.82) is 5.26 Å². The zero-order valence-electron chi connectivity index (χ0n) is 10.2. The van der Waals surface area contributed by atoms with Crippen LogP contribution in [-0.2, 0) is 0 Å². The number of nitrogens with two attached hydrogens (primary N) is 1. The number of thiophene rings is 1. The van der Waals surface area contributed by atoms with Gasteiger partial charge in [-0.05, 0) is 25.7 Å². The molecule has 0 aliphatic heterocycles. The van der Waals surface area contributed by atoms with E-state index in [1.54, 1.807) is 7.11 Å². The molecule has 0 radical (unpaired) electrons. The molecule has 5 heteroatoms. The van der Waals surface area contributed by atoms with Crippen LogP contribution in [0.5, 0.6) is 5.75 Å². The number of nitrogens with zero attached hydrogens (tertiary/aromatic N) is 2. The van der Waals surface area contributed by atoms with Gasteiger partial charge in [0.1, 0.15) is 21.6 Å². The molecule has 2 N–H and O–H groups in total. The molecule has 0 saturated heterocycles. The summed E-state index contributed by atoms with van der Waals surface area (Å²) in [4.78, 5) is 2.81. The molecule has 2 rings (SSSR count). The predicted octanol–water partition coefficient (Wildman–Crippen LogP) is 2.45. The number of ether oxygens (including phenoxy) is 1. The maximum absolute atomic E-state index is 9.01. The Balaban J connectivity index is 2.31. The Hall–Kier alpha value is -1.41. The van der Waals surface area contributed by atoms with Crippen molar-refractivity contribution in [2.45, 2.75) is 19.8 Å². The van der Waals surface area contributed by atoms with E-state index < -0.39 is 0 Å². The van der Waals surface area contributed by atoms with Crippen molar-refractivity contribution in [2.24, 2.45) is 5.92 Å². The van der Waals surface area contributed by atoms with Crippen LogP contribution in [-0.4, -0.2) is 20.2 Å². The summed E-state index contributed by atoms with van der Waals surface area (Å²) in [5, 5.41) is 10.0. The predicted molar refractivity (Wildman–Crippen MR) is 70.6 cm³/mol. The van der Waals surface area contributed by atoms with Crippen LogP contribution in [0.25, 0.3) is 0 Å². The van der Waals surface area contributed by atoms with E-state index in [1.807, 2.05) is 0 Å². The fraction of sp³-hybridized carbons (Fsp3) is 0.583. The summed E-state index contributed by atoms with van der Waals surface area (Å²) >= 11 is 1.43. The molecule has 1 aliphatic carbocycles. The van der Waals surface area contributed by atoms with Gasteiger partial charge >= 0.3 is 0 Å². The highest BCUT2D eigenvalue weighted by atomic mass is 32.1. The number of hydrogen-bond acceptors (Lipinski definition) is 5. The maximum atomic E-state index is 9.01. The molecular weight excluding hydrogens is 234 g/mol. The first-order valence-corrected chi connectivity index (χ1v) is 6.64. The van der Waals surface area contributed by atoms with E-state index in [1.165, 1.54) is 24.2 Å². The minimum Gasteiger partial charge on any atom is -0.492 e. The van der Waals surface area contributed by atoms with Crippen LogP contribution in [0.15, 0.2) is 0 Å². The number of methoxy groups -OCH3 is 1. The Morgan fingerprint density at radius 3 is 2.76 bits per heavy atom. The van der Waals surface area contributed by atoms with E-state index in [0.717, 1.165) is 24.0 Å². The molecule has 92 valence electrons. The van der Waals surface area contributed by atoms with Gasteiger partial charge in [0.05, 0.1) is 7.11 Å². The summed E-state index contributed by atoms with van der Waals surface area (Å²) in [5.41, 5.74) is 6.38. The van der Waals surface area contributed by atoms with Crippen LogP contribution < -0.4 is 15.4 Å². The van der Waals surface area contributed by atoms with Crippen molar-refractivity contribution in [3.8, 4) is 11.8 Å². The second-order valence-electron chi connectivity index (χ2n) is 4.28. The lowest BCUT2D eigenvalue weighted by Crippen LogP contribution is -2.24. The SMILES string of the molecule is CCN(CC1CC1)c1sc(C#N)c(N)c1OC. The van der Waals surface area contributed by atoms with Crippen LogP contribution in [0.1, 0.15) is 24.6 Å². The Labute approximate surface area is 106 Å². The summed E-state index contributed by atoms with van der Waals surface area (Å²) in [5.74, 6) is 1.46. The summed E-state index contributed by atoms with van der Waals surface area (Å²) in [6.45, 7) is 4.07. The van der Waals surface area contributed by atoms with Crippen LogP contribution in [0.3, 0.4) is 0 Å². The van der Waals surface area contributed by atoms with Gasteiger partial charge in [0.15, 0.2) is 5.75 Å². The van der Waals surface area contributed by atoms with Gasteiger partial charge in [0, 0.05) is 13.1 Å². The smallest absolute Gasteiger partial charge is 0.177 e. The third-order valence-corrected chi connectivity index (χ3v) is 4.18. The number of nitriles is 1. The van der Waals surface area contributed by atoms with Crippen molar-refractivity contribution in [3.63, 3.8) is 0 Å². The molecule has 4 nitrogen and oxygen atoms in total. The summed E-state index contributed by atoms with van der Waals surface area (Å²) in [6.07, 6.45) is 2.62. The van der Waals surface area contributed by atoms with Crippen molar-refractivity contribution in [3.05, 3.63) is 4.88 Å². The minimum atomic E-state index is 0.476. The van der Waals surface area contributed by atoms with E-state index in [2.05, 4.69) is 17.9 Å². The molecule has 1 fully saturated rings. The fourth-order valence-corrected chi connectivity index (χ4v) is 2.93. The van der Waals surface area contributed by atoms with E-state index in [-0.39, 0.29) is 0 Å². The molecule has 0 amide bonds. The third-order valence-electron chi connectivity index (χ3n) is 3.03. The van der Waals surface area contributed by atoms with E-state index in [4.69, 9.17) is 15.7 Å². The molecule has 0 bridgehead atoms. The Kier molecular flexibility index (Phi) is 3.43. The van der Waals surface area contributed by atoms with Crippen molar-refractivity contribution in [2.75, 3.05) is 30.8 Å². The molecule has 0 spiro atoms. The first-order chi connectivity index (χ1) is 8.21. The van der Waals surface area contributed by atoms with Gasteiger partial charge in [-0.3, -0.25) is 0 Å². The van der Waals surface area contributed by atoms with Gasteiger partial charge in [-0.25, -0.2) is 0 Å². The average Bonchev–Trinajstić information content (AvgIpc) is 3.10. The number of anilines is 2. The van der Waals surface area contributed by atoms with Gasteiger partial charge < -0.3 is 15.4 Å². The molecule has 1 heterocycles. The molecule has 1 aliphatic rings. The standard InChI is InChI=1S/C12H17N3OS/c1-3-15(7-8-4-5-8)12-11(16-2)10(14)9(6-13)17-12/h8H,3-5,7,14H2,1-2H3. The molecular formula is C12H17N3OS. The molecule has 0 atom stereocenters. The van der Waals surface area contributed by atoms with Crippen LogP contribution >= 0.6 is 11.3 Å². The lowest BCUT2D eigenvalue weighted by Gasteiger charge is -2.22. The topological polar surface area (TPSA) is 62.3 Å². The Morgan fingerprint density at radius 1 is 1.59 bits per heavy atom. The molecule has 17 heavy (non-hydrogen) atoms. The highest BCUT2D eigenvalue weighted by Gasteiger charge is 2.27. The molecule has 1 aromatic heterocycles.